The van der Waals surface area contributed by atoms with Crippen molar-refractivity contribution in [2.75, 3.05) is 6.61 Å². The summed E-state index contributed by atoms with van der Waals surface area (Å²) in [4.78, 5) is 19.9. The van der Waals surface area contributed by atoms with Crippen LogP contribution in [0.15, 0.2) is 12.3 Å². The number of hydrogen-bond donors (Lipinski definition) is 0. The molecule has 5 heteroatoms. The third-order valence-corrected chi connectivity index (χ3v) is 1.29. The van der Waals surface area contributed by atoms with Crippen LogP contribution in [0.2, 0.25) is 0 Å². The lowest BCUT2D eigenvalue weighted by atomic mass is 9.95. The van der Waals surface area contributed by atoms with Gasteiger partial charge in [-0.05, 0) is 6.08 Å². The van der Waals surface area contributed by atoms with Gasteiger partial charge < -0.3 is 4.74 Å². The van der Waals surface area contributed by atoms with Crippen LogP contribution < -0.4 is 0 Å². The fourth-order valence-electron chi connectivity index (χ4n) is 0.598. The molecule has 0 bridgehead atoms. The van der Waals surface area contributed by atoms with Crippen LogP contribution in [-0.4, -0.2) is 17.5 Å². The van der Waals surface area contributed by atoms with Gasteiger partial charge in [0.25, 0.3) is 0 Å². The molecule has 13 heavy (non-hydrogen) atoms. The zero-order valence-electron chi connectivity index (χ0n) is 7.94. The molecule has 0 heterocycles. The number of nitro groups is 1. The highest BCUT2D eigenvalue weighted by molar-refractivity contribution is 5.65. The molecule has 0 N–H and O–H groups in total. The van der Waals surface area contributed by atoms with E-state index in [1.165, 1.54) is 13.0 Å². The van der Waals surface area contributed by atoms with E-state index < -0.39 is 10.3 Å². The average molecular weight is 187 g/mol. The molecule has 0 aliphatic carbocycles. The van der Waals surface area contributed by atoms with Gasteiger partial charge in [-0.1, -0.05) is 13.8 Å². The minimum absolute atomic E-state index is 0.146. The molecule has 0 spiro atoms. The van der Waals surface area contributed by atoms with Gasteiger partial charge in [0, 0.05) is 12.3 Å². The fraction of sp³-hybridized carbons (Fsp3) is 0.625. The van der Waals surface area contributed by atoms with Crippen LogP contribution in [0, 0.1) is 15.5 Å². The van der Waals surface area contributed by atoms with E-state index in [9.17, 15) is 14.9 Å². The van der Waals surface area contributed by atoms with Crippen LogP contribution in [0.1, 0.15) is 20.8 Å². The Bertz CT molecular complexity index is 232. The Morgan fingerprint density at radius 1 is 1.62 bits per heavy atom. The van der Waals surface area contributed by atoms with Crippen molar-refractivity contribution in [3.05, 3.63) is 22.4 Å². The molecule has 0 atom stereocenters. The summed E-state index contributed by atoms with van der Waals surface area (Å²) in [6.45, 7) is 4.94. The summed E-state index contributed by atoms with van der Waals surface area (Å²) < 4.78 is 4.73. The molecule has 0 aliphatic heterocycles. The highest BCUT2D eigenvalue weighted by atomic mass is 16.6. The standard InChI is InChI=1S/C8H13NO4/c1-7(10)13-6-8(2,3)4-5-9(11)12/h4-5H,6H2,1-3H3. The Hall–Kier alpha value is -1.39. The number of esters is 1. The normalized spacial score (nSPS) is 11.6. The van der Waals surface area contributed by atoms with Crippen molar-refractivity contribution >= 4 is 5.97 Å². The van der Waals surface area contributed by atoms with E-state index >= 15 is 0 Å². The monoisotopic (exact) mass is 187 g/mol. The summed E-state index contributed by atoms with van der Waals surface area (Å²) in [5.41, 5.74) is -0.501. The van der Waals surface area contributed by atoms with Gasteiger partial charge >= 0.3 is 5.97 Å². The average Bonchev–Trinajstić information content (AvgIpc) is 1.98. The van der Waals surface area contributed by atoms with Gasteiger partial charge in [0.15, 0.2) is 0 Å². The summed E-state index contributed by atoms with van der Waals surface area (Å²) in [5.74, 6) is -0.387. The number of rotatable bonds is 4. The van der Waals surface area contributed by atoms with Gasteiger partial charge in [-0.25, -0.2) is 0 Å². The third-order valence-electron chi connectivity index (χ3n) is 1.29. The second-order valence-electron chi connectivity index (χ2n) is 3.37. The van der Waals surface area contributed by atoms with Crippen LogP contribution in [0.5, 0.6) is 0 Å². The molecular formula is C8H13NO4. The first-order valence-electron chi connectivity index (χ1n) is 3.80. The molecule has 0 saturated carbocycles. The predicted molar refractivity (Wildman–Crippen MR) is 46.5 cm³/mol. The van der Waals surface area contributed by atoms with Crippen molar-refractivity contribution in [3.8, 4) is 0 Å². The van der Waals surface area contributed by atoms with E-state index in [0.29, 0.717) is 0 Å². The first kappa shape index (κ1) is 11.6. The smallest absolute Gasteiger partial charge is 0.302 e. The van der Waals surface area contributed by atoms with Crippen molar-refractivity contribution in [1.82, 2.24) is 0 Å². The van der Waals surface area contributed by atoms with E-state index in [0.717, 1.165) is 6.20 Å². The summed E-state index contributed by atoms with van der Waals surface area (Å²) in [6.07, 6.45) is 2.25. The Morgan fingerprint density at radius 3 is 2.54 bits per heavy atom. The molecule has 0 aromatic rings. The predicted octanol–water partition coefficient (Wildman–Crippen LogP) is 1.37. The Labute approximate surface area is 76.5 Å². The second-order valence-corrected chi connectivity index (χ2v) is 3.37. The fourth-order valence-corrected chi connectivity index (χ4v) is 0.598. The molecule has 0 aliphatic rings. The lowest BCUT2D eigenvalue weighted by Gasteiger charge is -2.17. The highest BCUT2D eigenvalue weighted by Gasteiger charge is 2.17. The van der Waals surface area contributed by atoms with E-state index in [1.54, 1.807) is 13.8 Å². The van der Waals surface area contributed by atoms with Gasteiger partial charge in [0.1, 0.15) is 6.61 Å². The maximum Gasteiger partial charge on any atom is 0.302 e. The first-order valence-corrected chi connectivity index (χ1v) is 3.80. The van der Waals surface area contributed by atoms with Gasteiger partial charge in [-0.15, -0.1) is 0 Å². The van der Waals surface area contributed by atoms with E-state index in [-0.39, 0.29) is 12.6 Å². The lowest BCUT2D eigenvalue weighted by Crippen LogP contribution is -2.18. The van der Waals surface area contributed by atoms with Crippen LogP contribution >= 0.6 is 0 Å². The molecule has 0 aromatic heterocycles. The molecule has 74 valence electrons. The second kappa shape index (κ2) is 4.59. The molecule has 0 aromatic carbocycles. The minimum Gasteiger partial charge on any atom is -0.465 e. The number of carbonyl (C=O) groups is 1. The summed E-state index contributed by atoms with van der Waals surface area (Å²) in [7, 11) is 0. The Balaban J connectivity index is 4.07. The maximum absolute atomic E-state index is 10.4. The number of nitrogens with zero attached hydrogens (tertiary/aromatic N) is 1. The van der Waals surface area contributed by atoms with Gasteiger partial charge in [-0.2, -0.15) is 0 Å². The molecule has 0 fully saturated rings. The van der Waals surface area contributed by atoms with Crippen molar-refractivity contribution in [3.63, 3.8) is 0 Å². The van der Waals surface area contributed by atoms with Crippen LogP contribution in [-0.2, 0) is 9.53 Å². The molecule has 0 unspecified atom stereocenters. The molecule has 0 rings (SSSR count). The summed E-state index contributed by atoms with van der Waals surface area (Å²) in [6, 6.07) is 0. The zero-order chi connectivity index (χ0) is 10.5. The van der Waals surface area contributed by atoms with Crippen molar-refractivity contribution < 1.29 is 14.5 Å². The van der Waals surface area contributed by atoms with E-state index in [2.05, 4.69) is 0 Å². The highest BCUT2D eigenvalue weighted by Crippen LogP contribution is 2.17. The van der Waals surface area contributed by atoms with Crippen LogP contribution in [0.25, 0.3) is 0 Å². The first-order chi connectivity index (χ1) is 5.83. The molecule has 5 nitrogen and oxygen atoms in total. The van der Waals surface area contributed by atoms with Crippen molar-refractivity contribution in [2.24, 2.45) is 5.41 Å². The number of ether oxygens (including phenoxy) is 1. The topological polar surface area (TPSA) is 69.4 Å². The zero-order valence-corrected chi connectivity index (χ0v) is 7.94. The third kappa shape index (κ3) is 6.99. The SMILES string of the molecule is CC(=O)OCC(C)(C)C=C[N+](=O)[O-]. The minimum atomic E-state index is -0.546. The molecule has 0 saturated heterocycles. The quantitative estimate of drug-likeness (QED) is 0.378. The maximum atomic E-state index is 10.4. The molecule has 0 amide bonds. The van der Waals surface area contributed by atoms with Crippen molar-refractivity contribution in [1.29, 1.82) is 0 Å². The summed E-state index contributed by atoms with van der Waals surface area (Å²) >= 11 is 0. The lowest BCUT2D eigenvalue weighted by molar-refractivity contribution is -0.403. The van der Waals surface area contributed by atoms with E-state index in [4.69, 9.17) is 4.74 Å². The van der Waals surface area contributed by atoms with Gasteiger partial charge in [-0.3, -0.25) is 14.9 Å². The summed E-state index contributed by atoms with van der Waals surface area (Å²) in [5, 5.41) is 10.00. The number of carbonyl (C=O) groups excluding carboxylic acids is 1. The largest absolute Gasteiger partial charge is 0.465 e. The van der Waals surface area contributed by atoms with Crippen LogP contribution in [0.4, 0.5) is 0 Å². The van der Waals surface area contributed by atoms with Gasteiger partial charge in [0.05, 0.1) is 4.92 Å². The Kier molecular flexibility index (Phi) is 4.10. The van der Waals surface area contributed by atoms with Gasteiger partial charge in [0.2, 0.25) is 6.20 Å². The number of hydrogen-bond acceptors (Lipinski definition) is 4. The Morgan fingerprint density at radius 2 is 2.15 bits per heavy atom. The molecular weight excluding hydrogens is 174 g/mol. The van der Waals surface area contributed by atoms with Crippen molar-refractivity contribution in [2.45, 2.75) is 20.8 Å². The van der Waals surface area contributed by atoms with Crippen LogP contribution in [0.3, 0.4) is 0 Å². The molecule has 0 radical (unpaired) electrons. The van der Waals surface area contributed by atoms with E-state index in [1.807, 2.05) is 0 Å².